The van der Waals surface area contributed by atoms with E-state index in [0.717, 1.165) is 44.6 Å². The SMILES string of the molecule is CCCNc1ccc(C(=O)N(C)C2CCCN(C)C2)nc1. The number of carbonyl (C=O) groups excluding carboxylic acids is 1. The standard InChI is InChI=1S/C16H26N4O/c1-4-9-17-13-7-8-15(18-11-13)16(21)20(3)14-6-5-10-19(2)12-14/h7-8,11,14,17H,4-6,9-10,12H2,1-3H3. The van der Waals surface area contributed by atoms with Crippen LogP contribution in [0, 0.1) is 0 Å². The lowest BCUT2D eigenvalue weighted by Crippen LogP contribution is -2.47. The average Bonchev–Trinajstić information content (AvgIpc) is 2.52. The number of likely N-dealkylation sites (N-methyl/N-ethyl adjacent to an activating group) is 2. The van der Waals surface area contributed by atoms with Crippen LogP contribution in [-0.2, 0) is 0 Å². The second-order valence-corrected chi connectivity index (χ2v) is 5.83. The summed E-state index contributed by atoms with van der Waals surface area (Å²) in [5.41, 5.74) is 1.49. The van der Waals surface area contributed by atoms with Gasteiger partial charge in [-0.15, -0.1) is 0 Å². The largest absolute Gasteiger partial charge is 0.384 e. The van der Waals surface area contributed by atoms with Crippen molar-refractivity contribution in [3.05, 3.63) is 24.0 Å². The number of carbonyl (C=O) groups is 1. The number of nitrogens with one attached hydrogen (secondary N) is 1. The summed E-state index contributed by atoms with van der Waals surface area (Å²) in [7, 11) is 3.99. The van der Waals surface area contributed by atoms with E-state index in [1.54, 1.807) is 6.20 Å². The van der Waals surface area contributed by atoms with Crippen LogP contribution in [0.25, 0.3) is 0 Å². The van der Waals surface area contributed by atoms with Gasteiger partial charge in [-0.2, -0.15) is 0 Å². The number of piperidine rings is 1. The predicted octanol–water partition coefficient (Wildman–Crippen LogP) is 2.07. The Morgan fingerprint density at radius 3 is 2.95 bits per heavy atom. The van der Waals surface area contributed by atoms with E-state index in [1.165, 1.54) is 0 Å². The first-order valence-corrected chi connectivity index (χ1v) is 7.77. The first-order chi connectivity index (χ1) is 10.1. The molecule has 1 aromatic rings. The van der Waals surface area contributed by atoms with Gasteiger partial charge in [0.05, 0.1) is 11.9 Å². The van der Waals surface area contributed by atoms with Crippen LogP contribution in [0.2, 0.25) is 0 Å². The zero-order valence-corrected chi connectivity index (χ0v) is 13.3. The number of hydrogen-bond donors (Lipinski definition) is 1. The van der Waals surface area contributed by atoms with E-state index >= 15 is 0 Å². The molecule has 5 nitrogen and oxygen atoms in total. The van der Waals surface area contributed by atoms with E-state index in [1.807, 2.05) is 24.1 Å². The molecule has 1 fully saturated rings. The molecule has 2 heterocycles. The number of aromatic nitrogens is 1. The van der Waals surface area contributed by atoms with Crippen LogP contribution in [0.15, 0.2) is 18.3 Å². The second kappa shape index (κ2) is 7.41. The fourth-order valence-corrected chi connectivity index (χ4v) is 2.70. The summed E-state index contributed by atoms with van der Waals surface area (Å²) in [5, 5.41) is 3.26. The van der Waals surface area contributed by atoms with E-state index in [9.17, 15) is 4.79 Å². The van der Waals surface area contributed by atoms with Gasteiger partial charge in [-0.25, -0.2) is 4.98 Å². The van der Waals surface area contributed by atoms with Crippen molar-refractivity contribution >= 4 is 11.6 Å². The van der Waals surface area contributed by atoms with Crippen molar-refractivity contribution in [3.63, 3.8) is 0 Å². The number of pyridine rings is 1. The summed E-state index contributed by atoms with van der Waals surface area (Å²) < 4.78 is 0. The molecule has 1 atom stereocenters. The number of likely N-dealkylation sites (tertiary alicyclic amines) is 1. The molecule has 116 valence electrons. The van der Waals surface area contributed by atoms with Gasteiger partial charge in [-0.1, -0.05) is 6.92 Å². The van der Waals surface area contributed by atoms with Crippen molar-refractivity contribution in [2.45, 2.75) is 32.2 Å². The van der Waals surface area contributed by atoms with E-state index in [2.05, 4.69) is 29.2 Å². The molecule has 0 bridgehead atoms. The third-order valence-corrected chi connectivity index (χ3v) is 4.03. The highest BCUT2D eigenvalue weighted by Gasteiger charge is 2.25. The van der Waals surface area contributed by atoms with Crippen LogP contribution in [-0.4, -0.2) is 60.5 Å². The van der Waals surface area contributed by atoms with E-state index in [0.29, 0.717) is 5.69 Å². The molecule has 0 radical (unpaired) electrons. The minimum atomic E-state index is 0.0114. The summed E-state index contributed by atoms with van der Waals surface area (Å²) in [6, 6.07) is 4.02. The van der Waals surface area contributed by atoms with E-state index < -0.39 is 0 Å². The van der Waals surface area contributed by atoms with Gasteiger partial charge in [-0.05, 0) is 45.0 Å². The number of amides is 1. The van der Waals surface area contributed by atoms with Crippen LogP contribution < -0.4 is 5.32 Å². The highest BCUT2D eigenvalue weighted by Crippen LogP contribution is 2.16. The molecule has 1 aromatic heterocycles. The normalized spacial score (nSPS) is 19.3. The molecule has 5 heteroatoms. The first kappa shape index (κ1) is 15.8. The minimum absolute atomic E-state index is 0.0114. The Morgan fingerprint density at radius 1 is 1.52 bits per heavy atom. The molecule has 1 unspecified atom stereocenters. The number of hydrogen-bond acceptors (Lipinski definition) is 4. The van der Waals surface area contributed by atoms with Crippen LogP contribution in [0.5, 0.6) is 0 Å². The van der Waals surface area contributed by atoms with Crippen LogP contribution in [0.4, 0.5) is 5.69 Å². The third kappa shape index (κ3) is 4.17. The van der Waals surface area contributed by atoms with E-state index in [-0.39, 0.29) is 11.9 Å². The highest BCUT2D eigenvalue weighted by atomic mass is 16.2. The van der Waals surface area contributed by atoms with Gasteiger partial charge in [0.1, 0.15) is 5.69 Å². The highest BCUT2D eigenvalue weighted by molar-refractivity contribution is 5.92. The molecule has 0 aliphatic carbocycles. The van der Waals surface area contributed by atoms with E-state index in [4.69, 9.17) is 0 Å². The zero-order valence-electron chi connectivity index (χ0n) is 13.3. The van der Waals surface area contributed by atoms with Gasteiger partial charge in [0.25, 0.3) is 5.91 Å². The summed E-state index contributed by atoms with van der Waals surface area (Å²) in [4.78, 5) is 20.9. The van der Waals surface area contributed by atoms with Gasteiger partial charge in [-0.3, -0.25) is 4.79 Å². The van der Waals surface area contributed by atoms with Gasteiger partial charge in [0.2, 0.25) is 0 Å². The molecule has 0 spiro atoms. The van der Waals surface area contributed by atoms with Crippen molar-refractivity contribution in [2.24, 2.45) is 0 Å². The number of anilines is 1. The van der Waals surface area contributed by atoms with Gasteiger partial charge >= 0.3 is 0 Å². The van der Waals surface area contributed by atoms with Crippen LogP contribution in [0.3, 0.4) is 0 Å². The Labute approximate surface area is 127 Å². The Morgan fingerprint density at radius 2 is 2.33 bits per heavy atom. The molecule has 21 heavy (non-hydrogen) atoms. The Balaban J connectivity index is 1.98. The van der Waals surface area contributed by atoms with Gasteiger partial charge in [0.15, 0.2) is 0 Å². The van der Waals surface area contributed by atoms with Crippen molar-refractivity contribution < 1.29 is 4.79 Å². The second-order valence-electron chi connectivity index (χ2n) is 5.83. The molecule has 1 aliphatic rings. The Hall–Kier alpha value is -1.62. The van der Waals surface area contributed by atoms with Crippen molar-refractivity contribution in [2.75, 3.05) is 39.0 Å². The summed E-state index contributed by atoms with van der Waals surface area (Å²) >= 11 is 0. The quantitative estimate of drug-likeness (QED) is 0.902. The van der Waals surface area contributed by atoms with Gasteiger partial charge < -0.3 is 15.1 Å². The smallest absolute Gasteiger partial charge is 0.272 e. The molecule has 1 N–H and O–H groups in total. The maximum atomic E-state index is 12.5. The fraction of sp³-hybridized carbons (Fsp3) is 0.625. The zero-order chi connectivity index (χ0) is 15.2. The van der Waals surface area contributed by atoms with Crippen LogP contribution >= 0.6 is 0 Å². The molecule has 1 amide bonds. The Bertz CT molecular complexity index is 460. The van der Waals surface area contributed by atoms with Crippen molar-refractivity contribution in [1.29, 1.82) is 0 Å². The van der Waals surface area contributed by atoms with Gasteiger partial charge in [0, 0.05) is 26.2 Å². The molecule has 1 aliphatic heterocycles. The molecule has 0 aromatic carbocycles. The van der Waals surface area contributed by atoms with Crippen molar-refractivity contribution in [3.8, 4) is 0 Å². The third-order valence-electron chi connectivity index (χ3n) is 4.03. The lowest BCUT2D eigenvalue weighted by Gasteiger charge is -2.35. The maximum Gasteiger partial charge on any atom is 0.272 e. The predicted molar refractivity (Wildman–Crippen MR) is 85.6 cm³/mol. The lowest BCUT2D eigenvalue weighted by atomic mass is 10.0. The summed E-state index contributed by atoms with van der Waals surface area (Å²) in [5.74, 6) is 0.0114. The fourth-order valence-electron chi connectivity index (χ4n) is 2.70. The molecular weight excluding hydrogens is 264 g/mol. The minimum Gasteiger partial charge on any atom is -0.384 e. The monoisotopic (exact) mass is 290 g/mol. The molecule has 1 saturated heterocycles. The molecule has 0 saturated carbocycles. The summed E-state index contributed by atoms with van der Waals surface area (Å²) in [6.45, 7) is 5.10. The molecular formula is C16H26N4O. The number of nitrogens with zero attached hydrogens (tertiary/aromatic N) is 3. The maximum absolute atomic E-state index is 12.5. The Kier molecular flexibility index (Phi) is 5.56. The van der Waals surface area contributed by atoms with Crippen LogP contribution in [0.1, 0.15) is 36.7 Å². The topological polar surface area (TPSA) is 48.5 Å². The first-order valence-electron chi connectivity index (χ1n) is 7.77. The average molecular weight is 290 g/mol. The lowest BCUT2D eigenvalue weighted by molar-refractivity contribution is 0.0638. The number of rotatable bonds is 5. The summed E-state index contributed by atoms with van der Waals surface area (Å²) in [6.07, 6.45) is 5.02. The molecule has 2 rings (SSSR count). The van der Waals surface area contributed by atoms with Crippen molar-refractivity contribution in [1.82, 2.24) is 14.8 Å².